The molecule has 2 aromatic rings. The Kier molecular flexibility index (Phi) is 6.07. The van der Waals surface area contributed by atoms with E-state index in [1.165, 1.54) is 26.6 Å². The summed E-state index contributed by atoms with van der Waals surface area (Å²) in [7, 11) is 0. The lowest BCUT2D eigenvalue weighted by molar-refractivity contribution is 0.862. The van der Waals surface area contributed by atoms with Gasteiger partial charge in [-0.15, -0.1) is 0 Å². The Balaban J connectivity index is 2.31. The molecule has 0 fully saturated rings. The Bertz CT molecular complexity index is 596. The predicted molar refractivity (Wildman–Crippen MR) is 98.2 cm³/mol. The smallest absolute Gasteiger partial charge is 0.0508 e. The van der Waals surface area contributed by atoms with E-state index in [1.807, 2.05) is 11.8 Å². The fourth-order valence-electron chi connectivity index (χ4n) is 2.41. The summed E-state index contributed by atoms with van der Waals surface area (Å²) in [5, 5.41) is 0. The molecule has 0 aliphatic heterocycles. The monoisotopic (exact) mass is 317 g/mol. The molecule has 0 aromatic heterocycles. The summed E-state index contributed by atoms with van der Waals surface area (Å²) < 4.78 is 0. The third kappa shape index (κ3) is 4.21. The summed E-state index contributed by atoms with van der Waals surface area (Å²) in [6, 6.07) is 15.3. The van der Waals surface area contributed by atoms with Gasteiger partial charge in [-0.05, 0) is 44.5 Å². The number of benzene rings is 2. The molecule has 0 aliphatic rings. The lowest BCUT2D eigenvalue weighted by Gasteiger charge is -2.25. The second-order valence-electron chi connectivity index (χ2n) is 5.14. The molecule has 21 heavy (non-hydrogen) atoms. The Morgan fingerprint density at radius 1 is 1.05 bits per heavy atom. The van der Waals surface area contributed by atoms with E-state index in [2.05, 4.69) is 80.8 Å². The standard InChI is InChI=1S/C18H23NS2/c1-4-19(11-12-20)16-7-5-6-8-18(16)21-17-10-9-14(2)13-15(17)3/h5-10,13,20H,4,11-12H2,1-3H3. The van der Waals surface area contributed by atoms with Crippen LogP contribution in [0, 0.1) is 13.8 Å². The second-order valence-corrected chi connectivity index (χ2v) is 6.67. The molecule has 2 aromatic carbocycles. The van der Waals surface area contributed by atoms with Crippen LogP contribution in [-0.2, 0) is 0 Å². The van der Waals surface area contributed by atoms with Gasteiger partial charge < -0.3 is 4.90 Å². The van der Waals surface area contributed by atoms with Gasteiger partial charge in [0.2, 0.25) is 0 Å². The van der Waals surface area contributed by atoms with E-state index >= 15 is 0 Å². The van der Waals surface area contributed by atoms with Crippen molar-refractivity contribution in [2.45, 2.75) is 30.6 Å². The molecule has 0 atom stereocenters. The van der Waals surface area contributed by atoms with Crippen LogP contribution < -0.4 is 4.90 Å². The molecule has 112 valence electrons. The first kappa shape index (κ1) is 16.3. The van der Waals surface area contributed by atoms with Crippen molar-refractivity contribution >= 4 is 30.1 Å². The van der Waals surface area contributed by atoms with Crippen molar-refractivity contribution < 1.29 is 0 Å². The van der Waals surface area contributed by atoms with E-state index in [0.29, 0.717) is 0 Å². The highest BCUT2D eigenvalue weighted by molar-refractivity contribution is 7.99. The Morgan fingerprint density at radius 2 is 1.81 bits per heavy atom. The molecule has 0 aliphatic carbocycles. The Labute approximate surface area is 138 Å². The van der Waals surface area contributed by atoms with Crippen LogP contribution in [0.3, 0.4) is 0 Å². The molecule has 0 spiro atoms. The average Bonchev–Trinajstić information content (AvgIpc) is 2.48. The van der Waals surface area contributed by atoms with Gasteiger partial charge in [0.25, 0.3) is 0 Å². The quantitative estimate of drug-likeness (QED) is 0.728. The van der Waals surface area contributed by atoms with Crippen molar-refractivity contribution in [1.82, 2.24) is 0 Å². The normalized spacial score (nSPS) is 10.7. The van der Waals surface area contributed by atoms with Crippen molar-refractivity contribution in [3.8, 4) is 0 Å². The summed E-state index contributed by atoms with van der Waals surface area (Å²) in [6.45, 7) is 8.50. The van der Waals surface area contributed by atoms with Crippen LogP contribution in [0.4, 0.5) is 5.69 Å². The molecule has 0 unspecified atom stereocenters. The molecule has 0 amide bonds. The van der Waals surface area contributed by atoms with E-state index in [-0.39, 0.29) is 0 Å². The Hall–Kier alpha value is -1.06. The van der Waals surface area contributed by atoms with Crippen LogP contribution >= 0.6 is 24.4 Å². The van der Waals surface area contributed by atoms with Crippen molar-refractivity contribution in [2.24, 2.45) is 0 Å². The van der Waals surface area contributed by atoms with Crippen LogP contribution in [0.25, 0.3) is 0 Å². The van der Waals surface area contributed by atoms with Gasteiger partial charge in [-0.3, -0.25) is 0 Å². The molecule has 3 heteroatoms. The van der Waals surface area contributed by atoms with E-state index < -0.39 is 0 Å². The van der Waals surface area contributed by atoms with Crippen molar-refractivity contribution in [2.75, 3.05) is 23.7 Å². The van der Waals surface area contributed by atoms with Gasteiger partial charge in [0.1, 0.15) is 0 Å². The van der Waals surface area contributed by atoms with Crippen LogP contribution in [0.15, 0.2) is 52.3 Å². The van der Waals surface area contributed by atoms with Gasteiger partial charge in [0, 0.05) is 28.6 Å². The SMILES string of the molecule is CCN(CCS)c1ccccc1Sc1ccc(C)cc1C. The van der Waals surface area contributed by atoms with Crippen LogP contribution in [0.1, 0.15) is 18.1 Å². The molecular formula is C18H23NS2. The fraction of sp³-hybridized carbons (Fsp3) is 0.333. The summed E-state index contributed by atoms with van der Waals surface area (Å²) >= 11 is 6.23. The molecule has 1 nitrogen and oxygen atoms in total. The number of para-hydroxylation sites is 1. The van der Waals surface area contributed by atoms with Crippen LogP contribution in [0.2, 0.25) is 0 Å². The minimum atomic E-state index is 0.871. The summed E-state index contributed by atoms with van der Waals surface area (Å²) in [5.41, 5.74) is 3.96. The third-order valence-corrected chi connectivity index (χ3v) is 4.95. The van der Waals surface area contributed by atoms with Crippen LogP contribution in [0.5, 0.6) is 0 Å². The molecule has 0 saturated heterocycles. The Morgan fingerprint density at radius 3 is 2.48 bits per heavy atom. The number of rotatable bonds is 6. The fourth-order valence-corrected chi connectivity index (χ4v) is 3.69. The highest BCUT2D eigenvalue weighted by Crippen LogP contribution is 2.37. The third-order valence-electron chi connectivity index (χ3n) is 3.51. The highest BCUT2D eigenvalue weighted by Gasteiger charge is 2.11. The van der Waals surface area contributed by atoms with Gasteiger partial charge in [-0.2, -0.15) is 12.6 Å². The average molecular weight is 318 g/mol. The number of hydrogen-bond donors (Lipinski definition) is 1. The molecule has 0 bridgehead atoms. The minimum Gasteiger partial charge on any atom is -0.370 e. The largest absolute Gasteiger partial charge is 0.370 e. The molecule has 0 heterocycles. The number of anilines is 1. The maximum absolute atomic E-state index is 4.38. The maximum atomic E-state index is 4.38. The van der Waals surface area contributed by atoms with Crippen molar-refractivity contribution in [1.29, 1.82) is 0 Å². The molecule has 0 N–H and O–H groups in total. The zero-order valence-corrected chi connectivity index (χ0v) is 14.7. The summed E-state index contributed by atoms with van der Waals surface area (Å²) in [5.74, 6) is 0.871. The van der Waals surface area contributed by atoms with E-state index in [4.69, 9.17) is 0 Å². The van der Waals surface area contributed by atoms with Gasteiger partial charge in [0.15, 0.2) is 0 Å². The number of hydrogen-bond acceptors (Lipinski definition) is 3. The molecular weight excluding hydrogens is 294 g/mol. The maximum Gasteiger partial charge on any atom is 0.0508 e. The first-order valence-electron chi connectivity index (χ1n) is 7.35. The first-order chi connectivity index (χ1) is 10.2. The molecule has 0 saturated carbocycles. The lowest BCUT2D eigenvalue weighted by Crippen LogP contribution is -2.25. The number of nitrogens with zero attached hydrogens (tertiary/aromatic N) is 1. The predicted octanol–water partition coefficient (Wildman–Crippen LogP) is 5.21. The van der Waals surface area contributed by atoms with Gasteiger partial charge in [0.05, 0.1) is 5.69 Å². The molecule has 0 radical (unpaired) electrons. The van der Waals surface area contributed by atoms with E-state index in [1.54, 1.807) is 0 Å². The van der Waals surface area contributed by atoms with Gasteiger partial charge >= 0.3 is 0 Å². The zero-order chi connectivity index (χ0) is 15.2. The van der Waals surface area contributed by atoms with Crippen molar-refractivity contribution in [3.63, 3.8) is 0 Å². The zero-order valence-electron chi connectivity index (χ0n) is 13.0. The van der Waals surface area contributed by atoms with Gasteiger partial charge in [-0.1, -0.05) is 41.6 Å². The lowest BCUT2D eigenvalue weighted by atomic mass is 10.2. The highest BCUT2D eigenvalue weighted by atomic mass is 32.2. The molecule has 2 rings (SSSR count). The van der Waals surface area contributed by atoms with E-state index in [0.717, 1.165) is 18.8 Å². The first-order valence-corrected chi connectivity index (χ1v) is 8.80. The summed E-state index contributed by atoms with van der Waals surface area (Å²) in [6.07, 6.45) is 0. The van der Waals surface area contributed by atoms with E-state index in [9.17, 15) is 0 Å². The van der Waals surface area contributed by atoms with Gasteiger partial charge in [-0.25, -0.2) is 0 Å². The van der Waals surface area contributed by atoms with Crippen molar-refractivity contribution in [3.05, 3.63) is 53.6 Å². The second kappa shape index (κ2) is 7.81. The van der Waals surface area contributed by atoms with Crippen LogP contribution in [-0.4, -0.2) is 18.8 Å². The number of aryl methyl sites for hydroxylation is 2. The minimum absolute atomic E-state index is 0.871. The number of thiol groups is 1. The topological polar surface area (TPSA) is 3.24 Å². The summed E-state index contributed by atoms with van der Waals surface area (Å²) in [4.78, 5) is 5.03.